The summed E-state index contributed by atoms with van der Waals surface area (Å²) in [4.78, 5) is 5.38. The summed E-state index contributed by atoms with van der Waals surface area (Å²) in [6.45, 7) is 3.35. The molecule has 4 nitrogen and oxygen atoms in total. The van der Waals surface area contributed by atoms with Crippen LogP contribution in [0.3, 0.4) is 0 Å². The first kappa shape index (κ1) is 14.4. The van der Waals surface area contributed by atoms with Crippen LogP contribution in [0.2, 0.25) is 0 Å². The van der Waals surface area contributed by atoms with Gasteiger partial charge < -0.3 is 14.8 Å². The lowest BCUT2D eigenvalue weighted by atomic mass is 10.2. The van der Waals surface area contributed by atoms with Crippen LogP contribution in [0.1, 0.15) is 28.3 Å². The first-order valence-electron chi connectivity index (χ1n) is 7.19. The van der Waals surface area contributed by atoms with Crippen molar-refractivity contribution in [3.63, 3.8) is 0 Å². The zero-order valence-electron chi connectivity index (χ0n) is 12.4. The third-order valence-electron chi connectivity index (χ3n) is 3.47. The first-order chi connectivity index (χ1) is 10.3. The molecule has 5 heteroatoms. The average molecular weight is 304 g/mol. The number of hydrogen-bond donors (Lipinski definition) is 1. The van der Waals surface area contributed by atoms with Gasteiger partial charge in [0.1, 0.15) is 6.61 Å². The van der Waals surface area contributed by atoms with Crippen LogP contribution in [0.15, 0.2) is 24.4 Å². The summed E-state index contributed by atoms with van der Waals surface area (Å²) in [6.07, 6.45) is 4.43. The van der Waals surface area contributed by atoms with Gasteiger partial charge in [-0.15, -0.1) is 11.3 Å². The summed E-state index contributed by atoms with van der Waals surface area (Å²) < 4.78 is 11.5. The number of para-hydroxylation sites is 1. The molecule has 0 radical (unpaired) electrons. The van der Waals surface area contributed by atoms with E-state index in [1.807, 2.05) is 25.3 Å². The second-order valence-electron chi connectivity index (χ2n) is 5.24. The summed E-state index contributed by atoms with van der Waals surface area (Å²) in [5, 5.41) is 4.58. The van der Waals surface area contributed by atoms with E-state index in [1.165, 1.54) is 12.8 Å². The van der Waals surface area contributed by atoms with Crippen molar-refractivity contribution in [2.75, 3.05) is 7.11 Å². The Labute approximate surface area is 129 Å². The lowest BCUT2D eigenvalue weighted by Crippen LogP contribution is -2.16. The molecule has 1 aromatic carbocycles. The Kier molecular flexibility index (Phi) is 4.41. The van der Waals surface area contributed by atoms with Gasteiger partial charge in [0, 0.05) is 24.3 Å². The molecule has 112 valence electrons. The van der Waals surface area contributed by atoms with Crippen molar-refractivity contribution in [2.45, 2.75) is 39.0 Å². The standard InChI is InChI=1S/C16H20N2O2S/c1-11-17-9-14(21-11)10-20-16-12(8-18-13-6-7-13)4-3-5-15(16)19-2/h3-5,9,13,18H,6-8,10H2,1-2H3. The molecule has 0 amide bonds. The molecule has 1 aromatic heterocycles. The van der Waals surface area contributed by atoms with Crippen molar-refractivity contribution in [1.29, 1.82) is 0 Å². The van der Waals surface area contributed by atoms with Crippen LogP contribution in [0.25, 0.3) is 0 Å². The highest BCUT2D eigenvalue weighted by atomic mass is 32.1. The summed E-state index contributed by atoms with van der Waals surface area (Å²) in [5.74, 6) is 1.62. The van der Waals surface area contributed by atoms with E-state index in [0.29, 0.717) is 12.6 Å². The van der Waals surface area contributed by atoms with E-state index in [-0.39, 0.29) is 0 Å². The molecule has 1 aliphatic rings. The number of nitrogens with zero attached hydrogens (tertiary/aromatic N) is 1. The Hall–Kier alpha value is -1.59. The minimum Gasteiger partial charge on any atom is -0.493 e. The Morgan fingerprint density at radius 2 is 2.24 bits per heavy atom. The molecule has 0 unspecified atom stereocenters. The van der Waals surface area contributed by atoms with Crippen LogP contribution in [-0.4, -0.2) is 18.1 Å². The van der Waals surface area contributed by atoms with Crippen molar-refractivity contribution >= 4 is 11.3 Å². The smallest absolute Gasteiger partial charge is 0.166 e. The van der Waals surface area contributed by atoms with Crippen LogP contribution in [0, 0.1) is 6.92 Å². The number of benzene rings is 1. The van der Waals surface area contributed by atoms with E-state index < -0.39 is 0 Å². The fraction of sp³-hybridized carbons (Fsp3) is 0.438. The van der Waals surface area contributed by atoms with Gasteiger partial charge in [0.25, 0.3) is 0 Å². The van der Waals surface area contributed by atoms with Crippen LogP contribution in [-0.2, 0) is 13.2 Å². The maximum atomic E-state index is 6.02. The van der Waals surface area contributed by atoms with E-state index >= 15 is 0 Å². The number of ether oxygens (including phenoxy) is 2. The van der Waals surface area contributed by atoms with Crippen molar-refractivity contribution in [2.24, 2.45) is 0 Å². The van der Waals surface area contributed by atoms with E-state index in [9.17, 15) is 0 Å². The van der Waals surface area contributed by atoms with Crippen LogP contribution in [0.4, 0.5) is 0 Å². The number of aryl methyl sites for hydroxylation is 1. The monoisotopic (exact) mass is 304 g/mol. The van der Waals surface area contributed by atoms with Gasteiger partial charge >= 0.3 is 0 Å². The molecule has 0 saturated heterocycles. The van der Waals surface area contributed by atoms with Gasteiger partial charge in [-0.3, -0.25) is 0 Å². The Bertz CT molecular complexity index is 608. The van der Waals surface area contributed by atoms with Crippen LogP contribution >= 0.6 is 11.3 Å². The molecule has 2 aromatic rings. The van der Waals surface area contributed by atoms with Crippen molar-refractivity contribution < 1.29 is 9.47 Å². The molecule has 0 bridgehead atoms. The predicted octanol–water partition coefficient (Wildman–Crippen LogP) is 3.29. The number of methoxy groups -OCH3 is 1. The van der Waals surface area contributed by atoms with Gasteiger partial charge in [0.2, 0.25) is 0 Å². The molecule has 3 rings (SSSR count). The van der Waals surface area contributed by atoms with Crippen LogP contribution < -0.4 is 14.8 Å². The van der Waals surface area contributed by atoms with Gasteiger partial charge in [0.05, 0.1) is 17.0 Å². The summed E-state index contributed by atoms with van der Waals surface area (Å²) in [5.41, 5.74) is 1.14. The molecule has 1 saturated carbocycles. The highest BCUT2D eigenvalue weighted by Crippen LogP contribution is 2.33. The largest absolute Gasteiger partial charge is 0.493 e. The maximum Gasteiger partial charge on any atom is 0.166 e. The zero-order valence-corrected chi connectivity index (χ0v) is 13.2. The Balaban J connectivity index is 1.73. The molecular weight excluding hydrogens is 284 g/mol. The van der Waals surface area contributed by atoms with Crippen molar-refractivity contribution in [1.82, 2.24) is 10.3 Å². The summed E-state index contributed by atoms with van der Waals surface area (Å²) in [6, 6.07) is 6.71. The second kappa shape index (κ2) is 6.45. The zero-order chi connectivity index (χ0) is 14.7. The van der Waals surface area contributed by atoms with E-state index in [1.54, 1.807) is 18.4 Å². The van der Waals surface area contributed by atoms with E-state index in [4.69, 9.17) is 9.47 Å². The molecule has 0 spiro atoms. The van der Waals surface area contributed by atoms with Crippen molar-refractivity contribution in [3.05, 3.63) is 39.8 Å². The van der Waals surface area contributed by atoms with E-state index in [0.717, 1.165) is 33.5 Å². The van der Waals surface area contributed by atoms with E-state index in [2.05, 4.69) is 16.4 Å². The Morgan fingerprint density at radius 1 is 1.38 bits per heavy atom. The normalized spacial score (nSPS) is 14.2. The molecule has 0 aliphatic heterocycles. The van der Waals surface area contributed by atoms with Crippen LogP contribution in [0.5, 0.6) is 11.5 Å². The summed E-state index contributed by atoms with van der Waals surface area (Å²) >= 11 is 1.66. The van der Waals surface area contributed by atoms with Crippen molar-refractivity contribution in [3.8, 4) is 11.5 Å². The highest BCUT2D eigenvalue weighted by molar-refractivity contribution is 7.11. The molecule has 1 heterocycles. The quantitative estimate of drug-likeness (QED) is 0.852. The predicted molar refractivity (Wildman–Crippen MR) is 84.0 cm³/mol. The number of thiazole rings is 1. The van der Waals surface area contributed by atoms with Gasteiger partial charge in [-0.25, -0.2) is 4.98 Å². The minimum atomic E-state index is 0.530. The molecule has 1 fully saturated rings. The molecule has 1 aliphatic carbocycles. The number of hydrogen-bond acceptors (Lipinski definition) is 5. The third kappa shape index (κ3) is 3.74. The van der Waals surface area contributed by atoms with Gasteiger partial charge in [-0.2, -0.15) is 0 Å². The number of aromatic nitrogens is 1. The number of nitrogens with one attached hydrogen (secondary N) is 1. The highest BCUT2D eigenvalue weighted by Gasteiger charge is 2.21. The lowest BCUT2D eigenvalue weighted by Gasteiger charge is -2.15. The average Bonchev–Trinajstić information content (AvgIpc) is 3.24. The topological polar surface area (TPSA) is 43.4 Å². The summed E-state index contributed by atoms with van der Waals surface area (Å²) in [7, 11) is 1.68. The minimum absolute atomic E-state index is 0.530. The van der Waals surface area contributed by atoms with Gasteiger partial charge in [-0.1, -0.05) is 12.1 Å². The SMILES string of the molecule is COc1cccc(CNC2CC2)c1OCc1cnc(C)s1. The molecular formula is C16H20N2O2S. The van der Waals surface area contributed by atoms with Gasteiger partial charge in [0.15, 0.2) is 11.5 Å². The number of rotatable bonds is 7. The fourth-order valence-electron chi connectivity index (χ4n) is 2.18. The third-order valence-corrected chi connectivity index (χ3v) is 4.35. The lowest BCUT2D eigenvalue weighted by molar-refractivity contribution is 0.283. The first-order valence-corrected chi connectivity index (χ1v) is 8.01. The fourth-order valence-corrected chi connectivity index (χ4v) is 2.89. The molecule has 1 N–H and O–H groups in total. The molecule has 21 heavy (non-hydrogen) atoms. The van der Waals surface area contributed by atoms with Gasteiger partial charge in [-0.05, 0) is 25.8 Å². The second-order valence-corrected chi connectivity index (χ2v) is 6.56. The maximum absolute atomic E-state index is 6.02. The molecule has 0 atom stereocenters. The Morgan fingerprint density at radius 3 is 2.90 bits per heavy atom.